The van der Waals surface area contributed by atoms with Crippen molar-refractivity contribution in [2.24, 2.45) is 7.05 Å². The van der Waals surface area contributed by atoms with Crippen molar-refractivity contribution in [1.29, 1.82) is 0 Å². The summed E-state index contributed by atoms with van der Waals surface area (Å²) in [6.45, 7) is 1.83. The number of carbonyl (C=O) groups excluding carboxylic acids is 1. The molecule has 0 fully saturated rings. The van der Waals surface area contributed by atoms with Crippen molar-refractivity contribution in [3.05, 3.63) is 117 Å². The third kappa shape index (κ3) is 3.05. The lowest BCUT2D eigenvalue weighted by molar-refractivity contribution is 0.103. The molecule has 0 radical (unpaired) electrons. The highest BCUT2D eigenvalue weighted by molar-refractivity contribution is 6.12. The lowest BCUT2D eigenvalue weighted by Crippen LogP contribution is -2.23. The number of nitrogens with zero attached hydrogens (tertiary/aromatic N) is 1. The fourth-order valence-electron chi connectivity index (χ4n) is 3.72. The summed E-state index contributed by atoms with van der Waals surface area (Å²) in [4.78, 5) is 26.6. The molecule has 4 rings (SSSR count). The summed E-state index contributed by atoms with van der Waals surface area (Å²) in [6.07, 6.45) is 0.649. The van der Waals surface area contributed by atoms with Crippen LogP contribution in [0, 0.1) is 6.92 Å². The molecule has 0 saturated carbocycles. The third-order valence-electron chi connectivity index (χ3n) is 5.33. The van der Waals surface area contributed by atoms with Crippen LogP contribution in [-0.4, -0.2) is 10.4 Å². The number of hydrogen-bond acceptors (Lipinski definition) is 2. The van der Waals surface area contributed by atoms with Gasteiger partial charge in [-0.1, -0.05) is 66.7 Å². The standard InChI is InChI=1S/C25H21NO2/c1-17-23(25(28)21-14-8-9-15-22(21)26(17)2)24(27)20-13-7-6-12-19(20)16-18-10-4-3-5-11-18/h3-15H,16H2,1-2H3. The first-order valence-electron chi connectivity index (χ1n) is 9.33. The predicted octanol–water partition coefficient (Wildman–Crippen LogP) is 4.67. The average molecular weight is 367 g/mol. The van der Waals surface area contributed by atoms with Crippen LogP contribution in [0.5, 0.6) is 0 Å². The quantitative estimate of drug-likeness (QED) is 0.492. The van der Waals surface area contributed by atoms with E-state index in [-0.39, 0.29) is 16.8 Å². The molecule has 0 aliphatic rings. The molecule has 28 heavy (non-hydrogen) atoms. The van der Waals surface area contributed by atoms with Gasteiger partial charge in [0.15, 0.2) is 5.78 Å². The van der Waals surface area contributed by atoms with E-state index in [0.29, 0.717) is 23.1 Å². The number of aromatic nitrogens is 1. The predicted molar refractivity (Wildman–Crippen MR) is 113 cm³/mol. The third-order valence-corrected chi connectivity index (χ3v) is 5.33. The van der Waals surface area contributed by atoms with Crippen molar-refractivity contribution in [1.82, 2.24) is 4.57 Å². The number of carbonyl (C=O) groups is 1. The normalized spacial score (nSPS) is 10.9. The Kier molecular flexibility index (Phi) is 4.66. The number of aryl methyl sites for hydroxylation is 1. The molecule has 0 bridgehead atoms. The van der Waals surface area contributed by atoms with Gasteiger partial charge in [0, 0.05) is 23.7 Å². The van der Waals surface area contributed by atoms with Crippen LogP contribution in [0.4, 0.5) is 0 Å². The molecule has 0 amide bonds. The molecule has 0 aliphatic carbocycles. The van der Waals surface area contributed by atoms with Crippen LogP contribution in [0.1, 0.15) is 32.7 Å². The van der Waals surface area contributed by atoms with E-state index in [1.807, 2.05) is 91.3 Å². The molecule has 3 nitrogen and oxygen atoms in total. The number of fused-ring (bicyclic) bond motifs is 1. The highest BCUT2D eigenvalue weighted by Crippen LogP contribution is 2.21. The van der Waals surface area contributed by atoms with Crippen molar-refractivity contribution >= 4 is 16.7 Å². The van der Waals surface area contributed by atoms with Gasteiger partial charge in [-0.2, -0.15) is 0 Å². The summed E-state index contributed by atoms with van der Waals surface area (Å²) >= 11 is 0. The Balaban J connectivity index is 1.87. The van der Waals surface area contributed by atoms with Crippen LogP contribution in [-0.2, 0) is 13.5 Å². The molecule has 3 heteroatoms. The van der Waals surface area contributed by atoms with E-state index in [0.717, 1.165) is 16.6 Å². The maximum atomic E-state index is 13.5. The van der Waals surface area contributed by atoms with Gasteiger partial charge in [-0.25, -0.2) is 0 Å². The van der Waals surface area contributed by atoms with E-state index in [1.165, 1.54) is 0 Å². The Bertz CT molecular complexity index is 1240. The van der Waals surface area contributed by atoms with Gasteiger partial charge in [0.25, 0.3) is 0 Å². The fraction of sp³-hybridized carbons (Fsp3) is 0.120. The summed E-state index contributed by atoms with van der Waals surface area (Å²) in [5, 5.41) is 0.569. The molecule has 0 unspecified atom stereocenters. The van der Waals surface area contributed by atoms with Gasteiger partial charge in [0.1, 0.15) is 0 Å². The van der Waals surface area contributed by atoms with Gasteiger partial charge in [-0.3, -0.25) is 9.59 Å². The zero-order valence-corrected chi connectivity index (χ0v) is 16.0. The molecule has 3 aromatic carbocycles. The van der Waals surface area contributed by atoms with Crippen LogP contribution < -0.4 is 5.43 Å². The van der Waals surface area contributed by atoms with Crippen molar-refractivity contribution in [3.8, 4) is 0 Å². The first-order valence-corrected chi connectivity index (χ1v) is 9.33. The van der Waals surface area contributed by atoms with Crippen molar-refractivity contribution < 1.29 is 4.79 Å². The van der Waals surface area contributed by atoms with Gasteiger partial charge < -0.3 is 4.57 Å². The molecule has 138 valence electrons. The topological polar surface area (TPSA) is 39.1 Å². The number of benzene rings is 3. The molecule has 1 aromatic heterocycles. The van der Waals surface area contributed by atoms with Gasteiger partial charge >= 0.3 is 0 Å². The highest BCUT2D eigenvalue weighted by atomic mass is 16.1. The Morgan fingerprint density at radius 2 is 1.50 bits per heavy atom. The van der Waals surface area contributed by atoms with Crippen molar-refractivity contribution in [2.45, 2.75) is 13.3 Å². The fourth-order valence-corrected chi connectivity index (χ4v) is 3.72. The summed E-state index contributed by atoms with van der Waals surface area (Å²) in [5.74, 6) is -0.213. The van der Waals surface area contributed by atoms with Crippen LogP contribution in [0.2, 0.25) is 0 Å². The van der Waals surface area contributed by atoms with Gasteiger partial charge in [-0.15, -0.1) is 0 Å². The van der Waals surface area contributed by atoms with Gasteiger partial charge in [-0.05, 0) is 36.6 Å². The van der Waals surface area contributed by atoms with E-state index >= 15 is 0 Å². The summed E-state index contributed by atoms with van der Waals surface area (Å²) in [7, 11) is 1.89. The summed E-state index contributed by atoms with van der Waals surface area (Å²) in [6, 6.07) is 25.0. The largest absolute Gasteiger partial charge is 0.347 e. The Hall–Kier alpha value is -3.46. The monoisotopic (exact) mass is 367 g/mol. The smallest absolute Gasteiger partial charge is 0.200 e. The van der Waals surface area contributed by atoms with E-state index in [1.54, 1.807) is 6.07 Å². The van der Waals surface area contributed by atoms with Crippen molar-refractivity contribution in [2.75, 3.05) is 0 Å². The van der Waals surface area contributed by atoms with Crippen LogP contribution >= 0.6 is 0 Å². The van der Waals surface area contributed by atoms with Crippen molar-refractivity contribution in [3.63, 3.8) is 0 Å². The van der Waals surface area contributed by atoms with E-state index < -0.39 is 0 Å². The van der Waals surface area contributed by atoms with E-state index in [2.05, 4.69) is 0 Å². The van der Waals surface area contributed by atoms with E-state index in [9.17, 15) is 9.59 Å². The SMILES string of the molecule is Cc1c(C(=O)c2ccccc2Cc2ccccc2)c(=O)c2ccccc2n1C. The number of ketones is 1. The Labute approximate surface area is 163 Å². The van der Waals surface area contributed by atoms with Crippen LogP contribution in [0.25, 0.3) is 10.9 Å². The first kappa shape index (κ1) is 17.9. The maximum Gasteiger partial charge on any atom is 0.200 e. The lowest BCUT2D eigenvalue weighted by atomic mass is 9.93. The summed E-state index contributed by atoms with van der Waals surface area (Å²) in [5.41, 5.74) is 4.20. The summed E-state index contributed by atoms with van der Waals surface area (Å²) < 4.78 is 1.92. The first-order chi connectivity index (χ1) is 13.6. The maximum absolute atomic E-state index is 13.5. The molecule has 0 N–H and O–H groups in total. The zero-order valence-electron chi connectivity index (χ0n) is 16.0. The molecular formula is C25H21NO2. The molecule has 0 aliphatic heterocycles. The number of pyridine rings is 1. The molecule has 1 heterocycles. The lowest BCUT2D eigenvalue weighted by Gasteiger charge is -2.15. The van der Waals surface area contributed by atoms with Crippen LogP contribution in [0.3, 0.4) is 0 Å². The average Bonchev–Trinajstić information content (AvgIpc) is 2.73. The van der Waals surface area contributed by atoms with E-state index in [4.69, 9.17) is 0 Å². The molecular weight excluding hydrogens is 346 g/mol. The van der Waals surface area contributed by atoms with Crippen LogP contribution in [0.15, 0.2) is 83.7 Å². The van der Waals surface area contributed by atoms with Gasteiger partial charge in [0.2, 0.25) is 5.43 Å². The number of para-hydroxylation sites is 1. The number of hydrogen-bond donors (Lipinski definition) is 0. The minimum Gasteiger partial charge on any atom is -0.347 e. The highest BCUT2D eigenvalue weighted by Gasteiger charge is 2.22. The minimum atomic E-state index is -0.213. The second kappa shape index (κ2) is 7.28. The molecule has 0 saturated heterocycles. The Morgan fingerprint density at radius 1 is 0.857 bits per heavy atom. The second-order valence-corrected chi connectivity index (χ2v) is 7.01. The molecule has 0 spiro atoms. The minimum absolute atomic E-state index is 0.203. The number of rotatable bonds is 4. The molecule has 0 atom stereocenters. The second-order valence-electron chi connectivity index (χ2n) is 7.01. The molecule has 4 aromatic rings. The van der Waals surface area contributed by atoms with Gasteiger partial charge in [0.05, 0.1) is 11.1 Å². The zero-order chi connectivity index (χ0) is 19.7. The Morgan fingerprint density at radius 3 is 2.29 bits per heavy atom.